The van der Waals surface area contributed by atoms with Crippen LogP contribution in [-0.4, -0.2) is 12.1 Å². The number of carbonyl (C=O) groups is 1. The number of amides is 1. The highest BCUT2D eigenvalue weighted by atomic mass is 79.9. The van der Waals surface area contributed by atoms with Crippen LogP contribution in [0.2, 0.25) is 0 Å². The van der Waals surface area contributed by atoms with Crippen LogP contribution in [-0.2, 0) is 6.61 Å². The van der Waals surface area contributed by atoms with Crippen molar-refractivity contribution in [3.8, 4) is 5.75 Å². The highest BCUT2D eigenvalue weighted by Gasteiger charge is 2.12. The molecule has 4 rings (SSSR count). The highest BCUT2D eigenvalue weighted by molar-refractivity contribution is 9.10. The molecule has 0 aliphatic rings. The third kappa shape index (κ3) is 5.39. The molecule has 3 aromatic carbocycles. The van der Waals surface area contributed by atoms with E-state index in [1.54, 1.807) is 30.3 Å². The van der Waals surface area contributed by atoms with E-state index in [-0.39, 0.29) is 18.2 Å². The van der Waals surface area contributed by atoms with Gasteiger partial charge in [0.05, 0.1) is 6.21 Å². The van der Waals surface area contributed by atoms with Gasteiger partial charge in [-0.1, -0.05) is 44.0 Å². The summed E-state index contributed by atoms with van der Waals surface area (Å²) in [7, 11) is 0. The molecule has 1 N–H and O–H groups in total. The number of nitrogens with zero attached hydrogens (tertiary/aromatic N) is 1. The van der Waals surface area contributed by atoms with E-state index in [1.807, 2.05) is 24.3 Å². The molecular weight excluding hydrogens is 531 g/mol. The number of hydrazone groups is 1. The van der Waals surface area contributed by atoms with Crippen molar-refractivity contribution in [2.75, 3.05) is 0 Å². The molecule has 0 bridgehead atoms. The number of rotatable bonds is 6. The van der Waals surface area contributed by atoms with Crippen LogP contribution in [0.3, 0.4) is 0 Å². The van der Waals surface area contributed by atoms with Gasteiger partial charge in [0.15, 0.2) is 5.76 Å². The fraction of sp³-hybridized carbons (Fsp3) is 0.0435. The first kappa shape index (κ1) is 21.3. The normalized spacial score (nSPS) is 11.2. The molecule has 5 nitrogen and oxygen atoms in total. The van der Waals surface area contributed by atoms with Crippen molar-refractivity contribution >= 4 is 55.0 Å². The third-order valence-corrected chi connectivity index (χ3v) is 5.34. The Bertz CT molecular complexity index is 1270. The summed E-state index contributed by atoms with van der Waals surface area (Å²) in [5.74, 6) is -0.0354. The summed E-state index contributed by atoms with van der Waals surface area (Å²) in [5, 5.41) is 4.84. The quantitative estimate of drug-likeness (QED) is 0.224. The van der Waals surface area contributed by atoms with E-state index >= 15 is 0 Å². The van der Waals surface area contributed by atoms with E-state index in [4.69, 9.17) is 9.15 Å². The summed E-state index contributed by atoms with van der Waals surface area (Å²) in [6.07, 6.45) is 1.49. The molecule has 0 unspecified atom stereocenters. The zero-order valence-electron chi connectivity index (χ0n) is 15.9. The van der Waals surface area contributed by atoms with Gasteiger partial charge in [0, 0.05) is 19.9 Å². The zero-order valence-corrected chi connectivity index (χ0v) is 19.1. The standard InChI is InChI=1S/C23H15Br2FN2O3/c24-17-4-8-21-15(9-17)11-22(31-21)23(29)28-27-12-16-10-18(25)3-7-20(16)30-13-14-1-5-19(26)6-2-14/h1-12H,13H2,(H,28,29)/b27-12+. The van der Waals surface area contributed by atoms with Crippen LogP contribution in [0.5, 0.6) is 5.75 Å². The molecule has 0 saturated heterocycles. The summed E-state index contributed by atoms with van der Waals surface area (Å²) >= 11 is 6.81. The Balaban J connectivity index is 1.45. The van der Waals surface area contributed by atoms with Gasteiger partial charge in [-0.15, -0.1) is 0 Å². The number of halogens is 3. The Hall–Kier alpha value is -2.97. The molecule has 8 heteroatoms. The molecule has 0 fully saturated rings. The minimum absolute atomic E-state index is 0.160. The Kier molecular flexibility index (Phi) is 6.48. The molecule has 4 aromatic rings. The first-order valence-electron chi connectivity index (χ1n) is 9.17. The highest BCUT2D eigenvalue weighted by Crippen LogP contribution is 2.24. The fourth-order valence-corrected chi connectivity index (χ4v) is 3.59. The topological polar surface area (TPSA) is 63.8 Å². The van der Waals surface area contributed by atoms with Crippen molar-refractivity contribution in [3.05, 3.63) is 98.4 Å². The minimum Gasteiger partial charge on any atom is -0.488 e. The predicted octanol–water partition coefficient (Wildman–Crippen LogP) is 6.44. The zero-order chi connectivity index (χ0) is 21.8. The first-order chi connectivity index (χ1) is 15.0. The second-order valence-electron chi connectivity index (χ2n) is 6.59. The van der Waals surface area contributed by atoms with Gasteiger partial charge in [0.1, 0.15) is 23.8 Å². The minimum atomic E-state index is -0.465. The molecule has 0 saturated carbocycles. The summed E-state index contributed by atoms with van der Waals surface area (Å²) in [5.41, 5.74) is 4.56. The van der Waals surface area contributed by atoms with E-state index in [2.05, 4.69) is 42.4 Å². The van der Waals surface area contributed by atoms with Gasteiger partial charge in [-0.2, -0.15) is 5.10 Å². The van der Waals surface area contributed by atoms with Crippen molar-refractivity contribution in [2.24, 2.45) is 5.10 Å². The average molecular weight is 546 g/mol. The Morgan fingerprint density at radius 2 is 1.77 bits per heavy atom. The number of ether oxygens (including phenoxy) is 1. The molecule has 0 aliphatic heterocycles. The van der Waals surface area contributed by atoms with Gasteiger partial charge in [-0.05, 0) is 60.2 Å². The molecule has 31 heavy (non-hydrogen) atoms. The molecule has 0 atom stereocenters. The van der Waals surface area contributed by atoms with E-state index in [0.29, 0.717) is 16.9 Å². The lowest BCUT2D eigenvalue weighted by Gasteiger charge is -2.09. The number of carbonyl (C=O) groups excluding carboxylic acids is 1. The predicted molar refractivity (Wildman–Crippen MR) is 124 cm³/mol. The largest absolute Gasteiger partial charge is 0.488 e. The molecule has 1 aromatic heterocycles. The summed E-state index contributed by atoms with van der Waals surface area (Å²) in [6.45, 7) is 0.268. The molecule has 0 radical (unpaired) electrons. The maximum atomic E-state index is 13.1. The van der Waals surface area contributed by atoms with Crippen LogP contribution in [0.15, 0.2) is 85.2 Å². The Labute approximate surface area is 194 Å². The van der Waals surface area contributed by atoms with E-state index in [9.17, 15) is 9.18 Å². The maximum absolute atomic E-state index is 13.1. The van der Waals surface area contributed by atoms with Crippen molar-refractivity contribution in [1.82, 2.24) is 5.43 Å². The van der Waals surface area contributed by atoms with Gasteiger partial charge in [0.2, 0.25) is 0 Å². The van der Waals surface area contributed by atoms with E-state index in [1.165, 1.54) is 18.3 Å². The van der Waals surface area contributed by atoms with E-state index < -0.39 is 5.91 Å². The van der Waals surface area contributed by atoms with Crippen molar-refractivity contribution in [2.45, 2.75) is 6.61 Å². The van der Waals surface area contributed by atoms with Crippen molar-refractivity contribution < 1.29 is 18.3 Å². The molecule has 156 valence electrons. The average Bonchev–Trinajstić information content (AvgIpc) is 3.17. The Morgan fingerprint density at radius 3 is 2.58 bits per heavy atom. The third-order valence-electron chi connectivity index (χ3n) is 4.35. The molecule has 1 heterocycles. The first-order valence-corrected chi connectivity index (χ1v) is 10.8. The van der Waals surface area contributed by atoms with Gasteiger partial charge < -0.3 is 9.15 Å². The number of nitrogens with one attached hydrogen (secondary N) is 1. The van der Waals surface area contributed by atoms with Gasteiger partial charge in [0.25, 0.3) is 0 Å². The maximum Gasteiger partial charge on any atom is 0.307 e. The van der Waals surface area contributed by atoms with Crippen LogP contribution in [0.1, 0.15) is 21.7 Å². The fourth-order valence-electron chi connectivity index (χ4n) is 2.84. The van der Waals surface area contributed by atoms with Crippen molar-refractivity contribution in [1.29, 1.82) is 0 Å². The number of fused-ring (bicyclic) bond motifs is 1. The number of hydrogen-bond donors (Lipinski definition) is 1. The summed E-state index contributed by atoms with van der Waals surface area (Å²) in [6, 6.07) is 18.7. The number of hydrogen-bond acceptors (Lipinski definition) is 4. The van der Waals surface area contributed by atoms with Gasteiger partial charge in [-0.3, -0.25) is 4.79 Å². The summed E-state index contributed by atoms with van der Waals surface area (Å²) < 4.78 is 26.2. The lowest BCUT2D eigenvalue weighted by atomic mass is 10.2. The second kappa shape index (κ2) is 9.45. The molecule has 0 aliphatic carbocycles. The van der Waals surface area contributed by atoms with Crippen LogP contribution < -0.4 is 10.2 Å². The van der Waals surface area contributed by atoms with Crippen LogP contribution in [0, 0.1) is 5.82 Å². The molecule has 1 amide bonds. The van der Waals surface area contributed by atoms with Crippen molar-refractivity contribution in [3.63, 3.8) is 0 Å². The second-order valence-corrected chi connectivity index (χ2v) is 8.42. The SMILES string of the molecule is O=C(N/N=C/c1cc(Br)ccc1OCc1ccc(F)cc1)c1cc2cc(Br)ccc2o1. The van der Waals surface area contributed by atoms with Crippen LogP contribution in [0.25, 0.3) is 11.0 Å². The smallest absolute Gasteiger partial charge is 0.307 e. The monoisotopic (exact) mass is 544 g/mol. The van der Waals surface area contributed by atoms with E-state index in [0.717, 1.165) is 19.9 Å². The molecular formula is C23H15Br2FN2O3. The lowest BCUT2D eigenvalue weighted by molar-refractivity contribution is 0.0929. The number of furan rings is 1. The Morgan fingerprint density at radius 1 is 1.03 bits per heavy atom. The van der Waals surface area contributed by atoms with Crippen LogP contribution >= 0.6 is 31.9 Å². The van der Waals surface area contributed by atoms with Gasteiger partial charge >= 0.3 is 5.91 Å². The number of benzene rings is 3. The van der Waals surface area contributed by atoms with Crippen LogP contribution in [0.4, 0.5) is 4.39 Å². The van der Waals surface area contributed by atoms with Gasteiger partial charge in [-0.25, -0.2) is 9.82 Å². The lowest BCUT2D eigenvalue weighted by Crippen LogP contribution is -2.16. The summed E-state index contributed by atoms with van der Waals surface area (Å²) in [4.78, 5) is 12.4. The molecule has 0 spiro atoms.